The van der Waals surface area contributed by atoms with Gasteiger partial charge in [0.05, 0.1) is 0 Å². The number of amides is 1. The average Bonchev–Trinajstić information content (AvgIpc) is 2.85. The SMILES string of the molecule is CN1CCC(Nc2cc(C(=O)N3CCC(N4CCc5ccccc5C4)CC3)ncn2)CC1. The second kappa shape index (κ2) is 9.55. The minimum Gasteiger partial charge on any atom is -0.367 e. The van der Waals surface area contributed by atoms with Crippen molar-refractivity contribution >= 4 is 11.7 Å². The van der Waals surface area contributed by atoms with Crippen LogP contribution in [0.4, 0.5) is 5.82 Å². The van der Waals surface area contributed by atoms with E-state index in [-0.39, 0.29) is 5.91 Å². The number of hydrogen-bond acceptors (Lipinski definition) is 6. The highest BCUT2D eigenvalue weighted by Crippen LogP contribution is 2.25. The van der Waals surface area contributed by atoms with E-state index < -0.39 is 0 Å². The molecular weight excluding hydrogens is 400 g/mol. The van der Waals surface area contributed by atoms with Crippen LogP contribution in [-0.2, 0) is 13.0 Å². The van der Waals surface area contributed by atoms with Crippen molar-refractivity contribution in [3.63, 3.8) is 0 Å². The van der Waals surface area contributed by atoms with Gasteiger partial charge in [-0.1, -0.05) is 24.3 Å². The molecular formula is C25H34N6O. The van der Waals surface area contributed by atoms with Crippen molar-refractivity contribution in [2.75, 3.05) is 45.1 Å². The molecule has 0 bridgehead atoms. The number of anilines is 1. The zero-order valence-electron chi connectivity index (χ0n) is 19.0. The quantitative estimate of drug-likeness (QED) is 0.798. The maximum absolute atomic E-state index is 13.1. The number of aromatic nitrogens is 2. The summed E-state index contributed by atoms with van der Waals surface area (Å²) in [6.07, 6.45) is 6.89. The number of carbonyl (C=O) groups excluding carboxylic acids is 1. The molecule has 2 aromatic rings. The number of fused-ring (bicyclic) bond motifs is 1. The van der Waals surface area contributed by atoms with Crippen molar-refractivity contribution in [1.82, 2.24) is 24.7 Å². The monoisotopic (exact) mass is 434 g/mol. The smallest absolute Gasteiger partial charge is 0.272 e. The van der Waals surface area contributed by atoms with Gasteiger partial charge in [-0.25, -0.2) is 9.97 Å². The van der Waals surface area contributed by atoms with Crippen molar-refractivity contribution in [3.05, 3.63) is 53.5 Å². The van der Waals surface area contributed by atoms with Crippen LogP contribution < -0.4 is 5.32 Å². The Hall–Kier alpha value is -2.51. The Morgan fingerprint density at radius 1 is 0.969 bits per heavy atom. The summed E-state index contributed by atoms with van der Waals surface area (Å²) in [6.45, 7) is 5.92. The molecule has 2 saturated heterocycles. The van der Waals surface area contributed by atoms with Crippen LogP contribution in [0, 0.1) is 0 Å². The molecule has 0 spiro atoms. The van der Waals surface area contributed by atoms with E-state index in [9.17, 15) is 4.79 Å². The highest BCUT2D eigenvalue weighted by molar-refractivity contribution is 5.93. The molecule has 0 unspecified atom stereocenters. The maximum atomic E-state index is 13.1. The fraction of sp³-hybridized carbons (Fsp3) is 0.560. The van der Waals surface area contributed by atoms with Crippen LogP contribution in [-0.4, -0.2) is 82.4 Å². The fourth-order valence-electron chi connectivity index (χ4n) is 5.34. The predicted molar refractivity (Wildman–Crippen MR) is 126 cm³/mol. The highest BCUT2D eigenvalue weighted by atomic mass is 16.2. The Labute approximate surface area is 190 Å². The lowest BCUT2D eigenvalue weighted by atomic mass is 9.95. The molecule has 0 radical (unpaired) electrons. The van der Waals surface area contributed by atoms with E-state index in [1.807, 2.05) is 11.0 Å². The molecule has 0 atom stereocenters. The number of carbonyl (C=O) groups is 1. The first kappa shape index (κ1) is 21.3. The van der Waals surface area contributed by atoms with E-state index in [1.165, 1.54) is 17.5 Å². The standard InChI is InChI=1S/C25H34N6O/c1-29-11-7-21(8-12-29)28-24-16-23(26-18-27-24)25(32)30-14-9-22(10-15-30)31-13-6-19-4-2-3-5-20(19)17-31/h2-5,16,18,21-22H,6-15,17H2,1H3,(H,26,27,28). The molecule has 7 heteroatoms. The number of hydrogen-bond donors (Lipinski definition) is 1. The minimum atomic E-state index is 0.0290. The Bertz CT molecular complexity index is 934. The van der Waals surface area contributed by atoms with Gasteiger partial charge in [0.1, 0.15) is 17.8 Å². The van der Waals surface area contributed by atoms with Gasteiger partial charge in [-0.2, -0.15) is 0 Å². The maximum Gasteiger partial charge on any atom is 0.272 e. The lowest BCUT2D eigenvalue weighted by Crippen LogP contribution is -2.48. The van der Waals surface area contributed by atoms with E-state index in [0.29, 0.717) is 17.8 Å². The first-order valence-corrected chi connectivity index (χ1v) is 12.0. The number of rotatable bonds is 4. The van der Waals surface area contributed by atoms with Gasteiger partial charge in [-0.05, 0) is 63.4 Å². The molecule has 7 nitrogen and oxygen atoms in total. The second-order valence-corrected chi connectivity index (χ2v) is 9.52. The molecule has 32 heavy (non-hydrogen) atoms. The van der Waals surface area contributed by atoms with Gasteiger partial charge in [0.2, 0.25) is 0 Å². The van der Waals surface area contributed by atoms with E-state index in [2.05, 4.69) is 56.4 Å². The number of benzene rings is 1. The Morgan fingerprint density at radius 3 is 2.50 bits per heavy atom. The van der Waals surface area contributed by atoms with Crippen LogP contribution in [0.1, 0.15) is 47.3 Å². The fourth-order valence-corrected chi connectivity index (χ4v) is 5.34. The van der Waals surface area contributed by atoms with Gasteiger partial charge in [0.15, 0.2) is 0 Å². The van der Waals surface area contributed by atoms with Crippen LogP contribution in [0.3, 0.4) is 0 Å². The Kier molecular flexibility index (Phi) is 6.37. The Balaban J connectivity index is 1.15. The van der Waals surface area contributed by atoms with Gasteiger partial charge >= 0.3 is 0 Å². The van der Waals surface area contributed by atoms with Crippen molar-refractivity contribution in [3.8, 4) is 0 Å². The summed E-state index contributed by atoms with van der Waals surface area (Å²) in [6, 6.07) is 11.6. The summed E-state index contributed by atoms with van der Waals surface area (Å²) in [7, 11) is 2.16. The molecule has 0 saturated carbocycles. The van der Waals surface area contributed by atoms with Gasteiger partial charge in [-0.3, -0.25) is 9.69 Å². The van der Waals surface area contributed by atoms with Gasteiger partial charge in [-0.15, -0.1) is 0 Å². The first-order chi connectivity index (χ1) is 15.7. The molecule has 4 heterocycles. The summed E-state index contributed by atoms with van der Waals surface area (Å²) in [5, 5.41) is 3.50. The van der Waals surface area contributed by atoms with Crippen molar-refractivity contribution < 1.29 is 4.79 Å². The third kappa shape index (κ3) is 4.79. The third-order valence-corrected chi connectivity index (χ3v) is 7.39. The summed E-state index contributed by atoms with van der Waals surface area (Å²) in [5.41, 5.74) is 3.45. The van der Waals surface area contributed by atoms with Crippen LogP contribution >= 0.6 is 0 Å². The first-order valence-electron chi connectivity index (χ1n) is 12.0. The van der Waals surface area contributed by atoms with Crippen molar-refractivity contribution in [1.29, 1.82) is 0 Å². The normalized spacial score (nSPS) is 21.3. The van der Waals surface area contributed by atoms with Crippen LogP contribution in [0.15, 0.2) is 36.7 Å². The predicted octanol–water partition coefficient (Wildman–Crippen LogP) is 2.65. The third-order valence-electron chi connectivity index (χ3n) is 7.39. The lowest BCUT2D eigenvalue weighted by Gasteiger charge is -2.40. The van der Waals surface area contributed by atoms with Crippen molar-refractivity contribution in [2.24, 2.45) is 0 Å². The molecule has 3 aliphatic heterocycles. The topological polar surface area (TPSA) is 64.6 Å². The number of nitrogens with one attached hydrogen (secondary N) is 1. The number of likely N-dealkylation sites (tertiary alicyclic amines) is 2. The van der Waals surface area contributed by atoms with Crippen LogP contribution in [0.5, 0.6) is 0 Å². The lowest BCUT2D eigenvalue weighted by molar-refractivity contribution is 0.0594. The highest BCUT2D eigenvalue weighted by Gasteiger charge is 2.30. The zero-order chi connectivity index (χ0) is 21.9. The van der Waals surface area contributed by atoms with E-state index in [4.69, 9.17) is 0 Å². The second-order valence-electron chi connectivity index (χ2n) is 9.52. The summed E-state index contributed by atoms with van der Waals surface area (Å²) in [4.78, 5) is 28.7. The van der Waals surface area contributed by atoms with Gasteiger partial charge in [0, 0.05) is 44.3 Å². The van der Waals surface area contributed by atoms with E-state index in [0.717, 1.165) is 77.2 Å². The molecule has 1 N–H and O–H groups in total. The molecule has 3 aliphatic rings. The minimum absolute atomic E-state index is 0.0290. The molecule has 0 aliphatic carbocycles. The van der Waals surface area contributed by atoms with E-state index in [1.54, 1.807) is 0 Å². The average molecular weight is 435 g/mol. The Morgan fingerprint density at radius 2 is 1.72 bits per heavy atom. The largest absolute Gasteiger partial charge is 0.367 e. The molecule has 170 valence electrons. The number of nitrogens with zero attached hydrogens (tertiary/aromatic N) is 5. The summed E-state index contributed by atoms with van der Waals surface area (Å²) in [5.74, 6) is 0.793. The molecule has 1 aromatic carbocycles. The summed E-state index contributed by atoms with van der Waals surface area (Å²) >= 11 is 0. The zero-order valence-corrected chi connectivity index (χ0v) is 19.0. The van der Waals surface area contributed by atoms with Gasteiger partial charge < -0.3 is 15.1 Å². The van der Waals surface area contributed by atoms with E-state index >= 15 is 0 Å². The number of piperidine rings is 2. The molecule has 1 amide bonds. The van der Waals surface area contributed by atoms with Crippen LogP contribution in [0.2, 0.25) is 0 Å². The molecule has 1 aromatic heterocycles. The van der Waals surface area contributed by atoms with Gasteiger partial charge in [0.25, 0.3) is 5.91 Å². The van der Waals surface area contributed by atoms with Crippen molar-refractivity contribution in [2.45, 2.75) is 50.7 Å². The van der Waals surface area contributed by atoms with Crippen LogP contribution in [0.25, 0.3) is 0 Å². The summed E-state index contributed by atoms with van der Waals surface area (Å²) < 4.78 is 0. The molecule has 5 rings (SSSR count). The molecule has 2 fully saturated rings.